The molecule has 202 valence electrons. The monoisotopic (exact) mass is 537 g/mol. The average Bonchev–Trinajstić information content (AvgIpc) is 3.38. The number of aromatic nitrogens is 4. The van der Waals surface area contributed by atoms with Crippen molar-refractivity contribution < 1.29 is 26.3 Å². The largest absolute Gasteiger partial charge is 0.433 e. The van der Waals surface area contributed by atoms with Crippen molar-refractivity contribution in [1.82, 2.24) is 19.7 Å². The van der Waals surface area contributed by atoms with Gasteiger partial charge in [0.05, 0.1) is 5.56 Å². The van der Waals surface area contributed by atoms with Crippen LogP contribution in [0.3, 0.4) is 0 Å². The molecule has 2 unspecified atom stereocenters. The van der Waals surface area contributed by atoms with Crippen LogP contribution in [0.1, 0.15) is 30.5 Å². The van der Waals surface area contributed by atoms with Crippen molar-refractivity contribution in [3.8, 4) is 0 Å². The Kier molecular flexibility index (Phi) is 5.91. The third kappa shape index (κ3) is 4.62. The molecule has 2 aromatic heterocycles. The summed E-state index contributed by atoms with van der Waals surface area (Å²) in [6, 6.07) is 7.82. The number of aryl methyl sites for hydroxylation is 1. The van der Waals surface area contributed by atoms with Gasteiger partial charge in [0, 0.05) is 49.8 Å². The van der Waals surface area contributed by atoms with Crippen LogP contribution in [0.5, 0.6) is 0 Å². The maximum atomic E-state index is 13.1. The lowest BCUT2D eigenvalue weighted by Gasteiger charge is -2.39. The molecule has 2 fully saturated rings. The normalized spacial score (nSPS) is 23.5. The van der Waals surface area contributed by atoms with Gasteiger partial charge in [-0.25, -0.2) is 4.68 Å². The molecule has 3 aromatic rings. The number of piperidine rings is 1. The summed E-state index contributed by atoms with van der Waals surface area (Å²) in [5, 5.41) is 8.09. The Hall–Kier alpha value is -3.51. The molecule has 4 heterocycles. The van der Waals surface area contributed by atoms with Crippen LogP contribution in [-0.4, -0.2) is 45.4 Å². The first-order chi connectivity index (χ1) is 18.1. The highest BCUT2D eigenvalue weighted by Crippen LogP contribution is 2.41. The van der Waals surface area contributed by atoms with Gasteiger partial charge in [-0.1, -0.05) is 0 Å². The van der Waals surface area contributed by atoms with E-state index < -0.39 is 23.6 Å². The van der Waals surface area contributed by atoms with E-state index in [1.165, 1.54) is 18.3 Å². The van der Waals surface area contributed by atoms with E-state index in [9.17, 15) is 26.3 Å². The first-order valence-corrected chi connectivity index (χ1v) is 12.5. The van der Waals surface area contributed by atoms with Crippen LogP contribution in [0.4, 0.5) is 49.6 Å². The van der Waals surface area contributed by atoms with Crippen LogP contribution in [0.2, 0.25) is 0 Å². The van der Waals surface area contributed by atoms with Gasteiger partial charge >= 0.3 is 12.4 Å². The quantitative estimate of drug-likeness (QED) is 0.439. The molecule has 3 atom stereocenters. The number of pyridine rings is 1. The van der Waals surface area contributed by atoms with Crippen LogP contribution in [-0.2, 0) is 18.9 Å². The lowest BCUT2D eigenvalue weighted by Crippen LogP contribution is -2.48. The Morgan fingerprint density at radius 2 is 1.55 bits per heavy atom. The van der Waals surface area contributed by atoms with Crippen LogP contribution in [0.15, 0.2) is 42.6 Å². The molecule has 0 amide bonds. The van der Waals surface area contributed by atoms with Gasteiger partial charge in [-0.3, -0.25) is 4.98 Å². The molecule has 2 aliphatic heterocycles. The van der Waals surface area contributed by atoms with Crippen molar-refractivity contribution in [2.45, 2.75) is 44.2 Å². The van der Waals surface area contributed by atoms with Crippen molar-refractivity contribution in [1.29, 1.82) is 0 Å². The van der Waals surface area contributed by atoms with Gasteiger partial charge in [-0.2, -0.15) is 31.3 Å². The van der Waals surface area contributed by atoms with Gasteiger partial charge in [0.2, 0.25) is 11.9 Å². The van der Waals surface area contributed by atoms with E-state index in [1.807, 2.05) is 9.80 Å². The summed E-state index contributed by atoms with van der Waals surface area (Å²) < 4.78 is 80.1. The minimum atomic E-state index is -4.49. The molecule has 1 aromatic carbocycles. The third-order valence-electron chi connectivity index (χ3n) is 7.68. The van der Waals surface area contributed by atoms with Crippen molar-refractivity contribution in [3.63, 3.8) is 0 Å². The average molecular weight is 538 g/mol. The third-order valence-corrected chi connectivity index (χ3v) is 7.68. The molecule has 3 aliphatic rings. The van der Waals surface area contributed by atoms with Gasteiger partial charge in [-0.15, -0.1) is 5.10 Å². The maximum Gasteiger partial charge on any atom is 0.433 e. The molecule has 1 saturated carbocycles. The van der Waals surface area contributed by atoms with Crippen LogP contribution < -0.4 is 15.1 Å². The minimum Gasteiger partial charge on any atom is -0.371 e. The highest BCUT2D eigenvalue weighted by molar-refractivity contribution is 5.60. The standard InChI is InChI=1S/C25H25F6N7/c26-24(27,28)17-4-6-18(7-5-17)37-10-1-11-38-23(37)34-22(35-38)33-21-15-2-3-16(21)14-36(13-15)19-8-9-32-20(12-19)25(29,30)31/h4-9,12,15-16,21H,1-3,10-11,13-14H2,(H,33,35)/t15-,16?,21?/m0/s1. The zero-order valence-corrected chi connectivity index (χ0v) is 20.2. The lowest BCUT2D eigenvalue weighted by molar-refractivity contribution is -0.141. The topological polar surface area (TPSA) is 62.1 Å². The molecular formula is C25H25F6N7. The predicted octanol–water partition coefficient (Wildman–Crippen LogP) is 5.58. The second-order valence-electron chi connectivity index (χ2n) is 10.1. The molecule has 1 saturated heterocycles. The SMILES string of the molecule is FC(F)(F)c1ccc(N2CCCn3nc(NC4C5CC[C@H]4CN(c4ccnc(C(F)(F)F)c4)C5)nc32)cc1. The number of anilines is 4. The van der Waals surface area contributed by atoms with Gasteiger partial charge in [0.25, 0.3) is 0 Å². The fourth-order valence-corrected chi connectivity index (χ4v) is 5.89. The Morgan fingerprint density at radius 1 is 0.842 bits per heavy atom. The van der Waals surface area contributed by atoms with Gasteiger partial charge in [0.15, 0.2) is 0 Å². The van der Waals surface area contributed by atoms with Crippen LogP contribution in [0.25, 0.3) is 0 Å². The number of nitrogens with zero attached hydrogens (tertiary/aromatic N) is 6. The van der Waals surface area contributed by atoms with Crippen LogP contribution >= 0.6 is 0 Å². The predicted molar refractivity (Wildman–Crippen MR) is 128 cm³/mol. The summed E-state index contributed by atoms with van der Waals surface area (Å²) >= 11 is 0. The number of benzene rings is 1. The summed E-state index contributed by atoms with van der Waals surface area (Å²) in [6.07, 6.45) is -5.03. The number of rotatable bonds is 4. The van der Waals surface area contributed by atoms with E-state index in [0.29, 0.717) is 49.5 Å². The first-order valence-electron chi connectivity index (χ1n) is 12.5. The van der Waals surface area contributed by atoms with Crippen LogP contribution in [0, 0.1) is 11.8 Å². The molecule has 13 heteroatoms. The maximum absolute atomic E-state index is 13.1. The van der Waals surface area contributed by atoms with Crippen molar-refractivity contribution in [2.75, 3.05) is 34.8 Å². The molecule has 38 heavy (non-hydrogen) atoms. The van der Waals surface area contributed by atoms with Gasteiger partial charge in [0.1, 0.15) is 5.69 Å². The summed E-state index contributed by atoms with van der Waals surface area (Å²) in [5.74, 6) is 1.45. The molecule has 6 rings (SSSR count). The molecule has 0 radical (unpaired) electrons. The van der Waals surface area contributed by atoms with E-state index in [1.54, 1.807) is 10.7 Å². The number of hydrogen-bond donors (Lipinski definition) is 1. The van der Waals surface area contributed by atoms with Gasteiger partial charge in [-0.05, 0) is 67.5 Å². The molecule has 2 bridgehead atoms. The first kappa shape index (κ1) is 24.8. The molecular weight excluding hydrogens is 512 g/mol. The Labute approximate surface area is 214 Å². The van der Waals surface area contributed by atoms with E-state index in [0.717, 1.165) is 37.5 Å². The fraction of sp³-hybridized carbons (Fsp3) is 0.480. The van der Waals surface area contributed by atoms with Crippen molar-refractivity contribution in [2.24, 2.45) is 11.8 Å². The highest BCUT2D eigenvalue weighted by atomic mass is 19.4. The highest BCUT2D eigenvalue weighted by Gasteiger charge is 2.43. The minimum absolute atomic E-state index is 0.0825. The summed E-state index contributed by atoms with van der Waals surface area (Å²) in [7, 11) is 0. The Balaban J connectivity index is 1.17. The van der Waals surface area contributed by atoms with E-state index >= 15 is 0 Å². The van der Waals surface area contributed by atoms with E-state index in [-0.39, 0.29) is 17.9 Å². The molecule has 1 aliphatic carbocycles. The van der Waals surface area contributed by atoms with Crippen molar-refractivity contribution in [3.05, 3.63) is 53.9 Å². The van der Waals surface area contributed by atoms with E-state index in [4.69, 9.17) is 0 Å². The number of fused-ring (bicyclic) bond motifs is 3. The number of alkyl halides is 6. The van der Waals surface area contributed by atoms with Crippen molar-refractivity contribution >= 4 is 23.3 Å². The molecule has 7 nitrogen and oxygen atoms in total. The lowest BCUT2D eigenvalue weighted by atomic mass is 9.92. The zero-order chi connectivity index (χ0) is 26.7. The zero-order valence-electron chi connectivity index (χ0n) is 20.2. The molecule has 1 N–H and O–H groups in total. The number of hydrogen-bond acceptors (Lipinski definition) is 6. The second kappa shape index (κ2) is 9.05. The summed E-state index contributed by atoms with van der Waals surface area (Å²) in [5.41, 5.74) is -0.467. The Bertz CT molecular complexity index is 1290. The fourth-order valence-electron chi connectivity index (χ4n) is 5.89. The van der Waals surface area contributed by atoms with E-state index in [2.05, 4.69) is 20.4 Å². The number of nitrogens with one attached hydrogen (secondary N) is 1. The second-order valence-corrected chi connectivity index (χ2v) is 10.1. The number of halogens is 6. The molecule has 0 spiro atoms. The summed E-state index contributed by atoms with van der Waals surface area (Å²) in [6.45, 7) is 2.48. The smallest absolute Gasteiger partial charge is 0.371 e. The van der Waals surface area contributed by atoms with Gasteiger partial charge < -0.3 is 15.1 Å². The Morgan fingerprint density at radius 3 is 2.21 bits per heavy atom. The summed E-state index contributed by atoms with van der Waals surface area (Å²) in [4.78, 5) is 12.0.